The molecule has 0 radical (unpaired) electrons. The number of aromatic nitrogens is 2. The molecule has 2 rings (SSSR count). The lowest BCUT2D eigenvalue weighted by molar-refractivity contribution is -0.0342. The van der Waals surface area contributed by atoms with Crippen molar-refractivity contribution in [3.05, 3.63) is 17.6 Å². The largest absolute Gasteiger partial charge is 0.368 e. The zero-order valence-electron chi connectivity index (χ0n) is 12.6. The Labute approximate surface area is 120 Å². The highest BCUT2D eigenvalue weighted by atomic mass is 16.5. The van der Waals surface area contributed by atoms with E-state index in [4.69, 9.17) is 10.6 Å². The van der Waals surface area contributed by atoms with Crippen LogP contribution in [0, 0.1) is 0 Å². The van der Waals surface area contributed by atoms with Crippen LogP contribution in [0.4, 0.5) is 5.82 Å². The molecule has 2 heterocycles. The highest BCUT2D eigenvalue weighted by Crippen LogP contribution is 2.23. The maximum atomic E-state index is 5.84. The summed E-state index contributed by atoms with van der Waals surface area (Å²) in [6.07, 6.45) is 1.08. The Morgan fingerprint density at radius 2 is 2.30 bits per heavy atom. The summed E-state index contributed by atoms with van der Waals surface area (Å²) < 4.78 is 5.84. The fourth-order valence-electron chi connectivity index (χ4n) is 2.38. The van der Waals surface area contributed by atoms with Crippen molar-refractivity contribution in [3.8, 4) is 0 Å². The molecule has 0 amide bonds. The summed E-state index contributed by atoms with van der Waals surface area (Å²) in [6.45, 7) is 10.1. The molecule has 0 saturated carbocycles. The lowest BCUT2D eigenvalue weighted by atomic mass is 10.1. The predicted molar refractivity (Wildman–Crippen MR) is 79.4 cm³/mol. The molecule has 6 heteroatoms. The minimum Gasteiger partial charge on any atom is -0.368 e. The van der Waals surface area contributed by atoms with Gasteiger partial charge in [0.1, 0.15) is 11.9 Å². The van der Waals surface area contributed by atoms with E-state index in [9.17, 15) is 0 Å². The van der Waals surface area contributed by atoms with Gasteiger partial charge >= 0.3 is 0 Å². The van der Waals surface area contributed by atoms with E-state index in [1.165, 1.54) is 0 Å². The third-order valence-corrected chi connectivity index (χ3v) is 3.48. The van der Waals surface area contributed by atoms with Crippen LogP contribution in [0.3, 0.4) is 0 Å². The van der Waals surface area contributed by atoms with Crippen LogP contribution in [0.15, 0.2) is 6.07 Å². The SMILES string of the molecule is CCCN1CCOC(c2nc(NN)cc(C(C)C)n2)C1. The third kappa shape index (κ3) is 3.65. The first-order chi connectivity index (χ1) is 9.63. The molecule has 0 bridgehead atoms. The number of rotatable bonds is 5. The average Bonchev–Trinajstić information content (AvgIpc) is 2.47. The molecular formula is C14H25N5O. The number of hydrazine groups is 1. The molecule has 0 aliphatic carbocycles. The normalized spacial score (nSPS) is 20.4. The van der Waals surface area contributed by atoms with Crippen LogP contribution in [-0.4, -0.2) is 41.1 Å². The number of nitrogens with zero attached hydrogens (tertiary/aromatic N) is 3. The molecule has 1 aromatic rings. The number of hydrogen-bond acceptors (Lipinski definition) is 6. The van der Waals surface area contributed by atoms with Gasteiger partial charge in [0, 0.05) is 24.8 Å². The number of morpholine rings is 1. The quantitative estimate of drug-likeness (QED) is 0.631. The standard InChI is InChI=1S/C14H25N5O/c1-4-5-19-6-7-20-12(9-19)14-16-11(10(2)3)8-13(17-14)18-15/h8,10,12H,4-7,9,15H2,1-3H3,(H,16,17,18). The van der Waals surface area contributed by atoms with E-state index in [2.05, 4.69) is 41.1 Å². The number of nitrogen functional groups attached to an aromatic ring is 1. The molecule has 1 aliphatic rings. The van der Waals surface area contributed by atoms with Gasteiger partial charge in [0.15, 0.2) is 5.82 Å². The average molecular weight is 279 g/mol. The molecule has 112 valence electrons. The summed E-state index contributed by atoms with van der Waals surface area (Å²) in [5.41, 5.74) is 3.60. The lowest BCUT2D eigenvalue weighted by Crippen LogP contribution is -2.39. The topological polar surface area (TPSA) is 76.3 Å². The van der Waals surface area contributed by atoms with Crippen LogP contribution in [-0.2, 0) is 4.74 Å². The summed E-state index contributed by atoms with van der Waals surface area (Å²) in [5.74, 6) is 7.21. The van der Waals surface area contributed by atoms with Gasteiger partial charge in [-0.2, -0.15) is 0 Å². The fourth-order valence-corrected chi connectivity index (χ4v) is 2.38. The van der Waals surface area contributed by atoms with Gasteiger partial charge in [-0.25, -0.2) is 15.8 Å². The van der Waals surface area contributed by atoms with Crippen LogP contribution >= 0.6 is 0 Å². The molecule has 0 aromatic carbocycles. The molecule has 1 unspecified atom stereocenters. The van der Waals surface area contributed by atoms with Gasteiger partial charge in [0.2, 0.25) is 0 Å². The summed E-state index contributed by atoms with van der Waals surface area (Å²) >= 11 is 0. The third-order valence-electron chi connectivity index (χ3n) is 3.48. The first-order valence-corrected chi connectivity index (χ1v) is 7.33. The second kappa shape index (κ2) is 6.97. The second-order valence-corrected chi connectivity index (χ2v) is 5.50. The second-order valence-electron chi connectivity index (χ2n) is 5.50. The van der Waals surface area contributed by atoms with Crippen molar-refractivity contribution in [1.82, 2.24) is 14.9 Å². The zero-order valence-corrected chi connectivity index (χ0v) is 12.6. The molecule has 1 fully saturated rings. The first-order valence-electron chi connectivity index (χ1n) is 7.33. The fraction of sp³-hybridized carbons (Fsp3) is 0.714. The minimum atomic E-state index is -0.0684. The lowest BCUT2D eigenvalue weighted by Gasteiger charge is -2.32. The molecule has 20 heavy (non-hydrogen) atoms. The molecular weight excluding hydrogens is 254 g/mol. The van der Waals surface area contributed by atoms with Crippen molar-refractivity contribution in [1.29, 1.82) is 0 Å². The summed E-state index contributed by atoms with van der Waals surface area (Å²) in [6, 6.07) is 1.89. The number of nitrogens with two attached hydrogens (primary N) is 1. The van der Waals surface area contributed by atoms with Gasteiger partial charge in [-0.3, -0.25) is 4.90 Å². The zero-order chi connectivity index (χ0) is 14.5. The molecule has 1 aromatic heterocycles. The van der Waals surface area contributed by atoms with Crippen molar-refractivity contribution in [2.75, 3.05) is 31.7 Å². The Morgan fingerprint density at radius 1 is 1.50 bits per heavy atom. The van der Waals surface area contributed by atoms with Crippen LogP contribution in [0.1, 0.15) is 50.7 Å². The summed E-state index contributed by atoms with van der Waals surface area (Å²) in [5, 5.41) is 0. The molecule has 1 aliphatic heterocycles. The number of ether oxygens (including phenoxy) is 1. The number of anilines is 1. The first kappa shape index (κ1) is 15.2. The van der Waals surface area contributed by atoms with Crippen LogP contribution < -0.4 is 11.3 Å². The van der Waals surface area contributed by atoms with E-state index >= 15 is 0 Å². The van der Waals surface area contributed by atoms with Gasteiger partial charge in [0.25, 0.3) is 0 Å². The smallest absolute Gasteiger partial charge is 0.161 e. The molecule has 6 nitrogen and oxygen atoms in total. The van der Waals surface area contributed by atoms with Gasteiger partial charge < -0.3 is 10.2 Å². The minimum absolute atomic E-state index is 0.0684. The van der Waals surface area contributed by atoms with E-state index in [1.807, 2.05) is 6.07 Å². The number of nitrogens with one attached hydrogen (secondary N) is 1. The summed E-state index contributed by atoms with van der Waals surface area (Å²) in [7, 11) is 0. The van der Waals surface area contributed by atoms with Crippen molar-refractivity contribution < 1.29 is 4.74 Å². The van der Waals surface area contributed by atoms with Crippen molar-refractivity contribution >= 4 is 5.82 Å². The van der Waals surface area contributed by atoms with E-state index < -0.39 is 0 Å². The van der Waals surface area contributed by atoms with E-state index in [-0.39, 0.29) is 6.10 Å². The molecule has 1 atom stereocenters. The monoisotopic (exact) mass is 279 g/mol. The molecule has 3 N–H and O–H groups in total. The van der Waals surface area contributed by atoms with Crippen molar-refractivity contribution in [2.45, 2.75) is 39.2 Å². The highest BCUT2D eigenvalue weighted by Gasteiger charge is 2.24. The van der Waals surface area contributed by atoms with Crippen molar-refractivity contribution in [2.24, 2.45) is 5.84 Å². The van der Waals surface area contributed by atoms with Crippen LogP contribution in [0.2, 0.25) is 0 Å². The van der Waals surface area contributed by atoms with E-state index in [1.54, 1.807) is 0 Å². The Hall–Kier alpha value is -1.24. The van der Waals surface area contributed by atoms with Gasteiger partial charge in [-0.05, 0) is 18.9 Å². The van der Waals surface area contributed by atoms with Crippen LogP contribution in [0.5, 0.6) is 0 Å². The maximum Gasteiger partial charge on any atom is 0.161 e. The summed E-state index contributed by atoms with van der Waals surface area (Å²) in [4.78, 5) is 11.5. The molecule has 0 spiro atoms. The van der Waals surface area contributed by atoms with Gasteiger partial charge in [-0.15, -0.1) is 0 Å². The van der Waals surface area contributed by atoms with Gasteiger partial charge in [-0.1, -0.05) is 20.8 Å². The Bertz CT molecular complexity index is 436. The Balaban J connectivity index is 2.20. The Morgan fingerprint density at radius 3 is 2.95 bits per heavy atom. The highest BCUT2D eigenvalue weighted by molar-refractivity contribution is 5.35. The van der Waals surface area contributed by atoms with Crippen molar-refractivity contribution in [3.63, 3.8) is 0 Å². The molecule has 1 saturated heterocycles. The van der Waals surface area contributed by atoms with E-state index in [0.717, 1.165) is 44.2 Å². The maximum absolute atomic E-state index is 5.84. The number of hydrogen-bond donors (Lipinski definition) is 2. The van der Waals surface area contributed by atoms with Crippen LogP contribution in [0.25, 0.3) is 0 Å². The van der Waals surface area contributed by atoms with E-state index in [0.29, 0.717) is 11.7 Å². The van der Waals surface area contributed by atoms with Gasteiger partial charge in [0.05, 0.1) is 6.61 Å². The Kier molecular flexibility index (Phi) is 5.28. The predicted octanol–water partition coefficient (Wildman–Crippen LogP) is 1.67.